The van der Waals surface area contributed by atoms with E-state index in [1.54, 1.807) is 17.0 Å². The second-order valence-corrected chi connectivity index (χ2v) is 8.13. The summed E-state index contributed by atoms with van der Waals surface area (Å²) in [6.07, 6.45) is -4.71. The molecule has 0 aliphatic carbocycles. The van der Waals surface area contributed by atoms with Gasteiger partial charge in [-0.2, -0.15) is 13.2 Å². The van der Waals surface area contributed by atoms with Gasteiger partial charge in [-0.05, 0) is 55.5 Å². The van der Waals surface area contributed by atoms with Gasteiger partial charge in [-0.15, -0.1) is 11.3 Å². The summed E-state index contributed by atoms with van der Waals surface area (Å²) in [5, 5.41) is 4.26. The van der Waals surface area contributed by atoms with Crippen molar-refractivity contribution in [2.24, 2.45) is 5.92 Å². The molecule has 1 aliphatic rings. The third-order valence-corrected chi connectivity index (χ3v) is 5.85. The molecule has 1 fully saturated rings. The van der Waals surface area contributed by atoms with Crippen LogP contribution in [0.2, 0.25) is 0 Å². The van der Waals surface area contributed by atoms with Gasteiger partial charge >= 0.3 is 12.1 Å². The lowest BCUT2D eigenvalue weighted by molar-refractivity contribution is -0.158. The first-order chi connectivity index (χ1) is 14.6. The van der Waals surface area contributed by atoms with Crippen molar-refractivity contribution < 1.29 is 32.3 Å². The van der Waals surface area contributed by atoms with Crippen LogP contribution in [0.4, 0.5) is 18.9 Å². The van der Waals surface area contributed by atoms with Gasteiger partial charge in [-0.25, -0.2) is 0 Å². The third kappa shape index (κ3) is 5.84. The number of esters is 1. The summed E-state index contributed by atoms with van der Waals surface area (Å²) >= 11 is 1.36. The summed E-state index contributed by atoms with van der Waals surface area (Å²) in [6, 6.07) is 7.55. The Hall–Kier alpha value is -2.88. The predicted octanol–water partition coefficient (Wildman–Crippen LogP) is 4.19. The molecule has 1 aromatic heterocycles. The molecular weight excluding hydrogens is 433 g/mol. The Bertz CT molecular complexity index is 921. The average Bonchev–Trinajstić information content (AvgIpc) is 3.28. The van der Waals surface area contributed by atoms with E-state index in [0.29, 0.717) is 30.8 Å². The van der Waals surface area contributed by atoms with Gasteiger partial charge in [-0.3, -0.25) is 14.4 Å². The molecule has 0 radical (unpaired) electrons. The van der Waals surface area contributed by atoms with Crippen molar-refractivity contribution in [3.05, 3.63) is 52.2 Å². The molecule has 1 aliphatic heterocycles. The maximum atomic E-state index is 12.6. The maximum Gasteiger partial charge on any atom is 0.416 e. The lowest BCUT2D eigenvalue weighted by Gasteiger charge is -2.31. The number of hydrogen-bond donors (Lipinski definition) is 1. The van der Waals surface area contributed by atoms with Crippen molar-refractivity contribution in [2.45, 2.75) is 32.0 Å². The molecule has 3 rings (SSSR count). The molecule has 0 spiro atoms. The van der Waals surface area contributed by atoms with Crippen LogP contribution in [0, 0.1) is 5.92 Å². The zero-order chi connectivity index (χ0) is 22.6. The van der Waals surface area contributed by atoms with Crippen LogP contribution in [-0.4, -0.2) is 41.9 Å². The number of hydrogen-bond acceptors (Lipinski definition) is 5. The molecule has 2 amide bonds. The van der Waals surface area contributed by atoms with E-state index in [0.717, 1.165) is 24.3 Å². The fourth-order valence-electron chi connectivity index (χ4n) is 3.18. The highest BCUT2D eigenvalue weighted by Crippen LogP contribution is 2.30. The topological polar surface area (TPSA) is 75.7 Å². The number of nitrogens with zero attached hydrogens (tertiary/aromatic N) is 1. The van der Waals surface area contributed by atoms with Crippen molar-refractivity contribution >= 4 is 34.8 Å². The molecule has 0 saturated carbocycles. The normalized spacial score (nSPS) is 15.9. The van der Waals surface area contributed by atoms with Gasteiger partial charge in [0.1, 0.15) is 0 Å². The molecule has 6 nitrogen and oxygen atoms in total. The summed E-state index contributed by atoms with van der Waals surface area (Å²) in [7, 11) is 0. The van der Waals surface area contributed by atoms with Crippen LogP contribution in [0.5, 0.6) is 0 Å². The number of likely N-dealkylation sites (tertiary alicyclic amines) is 1. The molecule has 1 saturated heterocycles. The minimum atomic E-state index is -4.46. The number of anilines is 1. The number of carbonyl (C=O) groups excluding carboxylic acids is 3. The molecule has 0 bridgehead atoms. The van der Waals surface area contributed by atoms with Gasteiger partial charge in [0.2, 0.25) is 0 Å². The number of thiophene rings is 1. The lowest BCUT2D eigenvalue weighted by Crippen LogP contribution is -2.41. The number of benzene rings is 1. The van der Waals surface area contributed by atoms with Crippen molar-refractivity contribution in [2.75, 3.05) is 18.4 Å². The highest BCUT2D eigenvalue weighted by molar-refractivity contribution is 7.12. The molecule has 10 heteroatoms. The zero-order valence-electron chi connectivity index (χ0n) is 16.6. The Balaban J connectivity index is 1.47. The summed E-state index contributed by atoms with van der Waals surface area (Å²) in [4.78, 5) is 39.3. The monoisotopic (exact) mass is 454 g/mol. The summed E-state index contributed by atoms with van der Waals surface area (Å²) in [5.74, 6) is -1.66. The molecule has 1 N–H and O–H groups in total. The molecule has 31 heavy (non-hydrogen) atoms. The van der Waals surface area contributed by atoms with E-state index in [2.05, 4.69) is 5.32 Å². The van der Waals surface area contributed by atoms with Gasteiger partial charge < -0.3 is 15.0 Å². The van der Waals surface area contributed by atoms with Crippen LogP contribution in [0.3, 0.4) is 0 Å². The quantitative estimate of drug-likeness (QED) is 0.688. The van der Waals surface area contributed by atoms with Crippen LogP contribution in [0.1, 0.15) is 35.0 Å². The van der Waals surface area contributed by atoms with Crippen LogP contribution in [0.25, 0.3) is 0 Å². The minimum Gasteiger partial charge on any atom is -0.452 e. The number of ether oxygens (including phenoxy) is 1. The lowest BCUT2D eigenvalue weighted by atomic mass is 9.97. The van der Waals surface area contributed by atoms with Crippen molar-refractivity contribution in [3.63, 3.8) is 0 Å². The number of rotatable bonds is 5. The number of amides is 2. The van der Waals surface area contributed by atoms with Gasteiger partial charge in [-0.1, -0.05) is 6.07 Å². The Kier molecular flexibility index (Phi) is 6.99. The van der Waals surface area contributed by atoms with E-state index in [1.165, 1.54) is 18.3 Å². The summed E-state index contributed by atoms with van der Waals surface area (Å²) < 4.78 is 43.1. The maximum absolute atomic E-state index is 12.6. The number of piperidine rings is 1. The van der Waals surface area contributed by atoms with E-state index in [9.17, 15) is 27.6 Å². The highest BCUT2D eigenvalue weighted by Gasteiger charge is 2.32. The zero-order valence-corrected chi connectivity index (χ0v) is 17.5. The first-order valence-corrected chi connectivity index (χ1v) is 10.5. The Morgan fingerprint density at radius 1 is 1.13 bits per heavy atom. The Morgan fingerprint density at radius 2 is 1.77 bits per heavy atom. The number of nitrogens with one attached hydrogen (secondary N) is 1. The second kappa shape index (κ2) is 9.51. The van der Waals surface area contributed by atoms with E-state index < -0.39 is 35.6 Å². The van der Waals surface area contributed by atoms with Crippen LogP contribution in [-0.2, 0) is 20.5 Å². The van der Waals surface area contributed by atoms with E-state index in [1.807, 2.05) is 5.38 Å². The standard InChI is InChI=1S/C21H21F3N2O4S/c1-13(18(27)25-16-6-4-15(5-7-16)21(22,23)24)30-20(29)14-8-10-26(11-9-14)19(28)17-3-2-12-31-17/h2-7,12-14H,8-11H2,1H3,(H,25,27). The molecule has 2 aromatic rings. The molecular formula is C21H21F3N2O4S. The average molecular weight is 454 g/mol. The molecule has 1 aromatic carbocycles. The number of halogens is 3. The van der Waals surface area contributed by atoms with Gasteiger partial charge in [0.15, 0.2) is 6.10 Å². The SMILES string of the molecule is CC(OC(=O)C1CCN(C(=O)c2cccs2)CC1)C(=O)Nc1ccc(C(F)(F)F)cc1. The Labute approximate surface area is 181 Å². The fraction of sp³-hybridized carbons (Fsp3) is 0.381. The van der Waals surface area contributed by atoms with Crippen molar-refractivity contribution in [1.29, 1.82) is 0 Å². The number of alkyl halides is 3. The van der Waals surface area contributed by atoms with Crippen LogP contribution < -0.4 is 5.32 Å². The van der Waals surface area contributed by atoms with E-state index in [-0.39, 0.29) is 11.6 Å². The van der Waals surface area contributed by atoms with Gasteiger partial charge in [0, 0.05) is 18.8 Å². The number of carbonyl (C=O) groups is 3. The second-order valence-electron chi connectivity index (χ2n) is 7.19. The van der Waals surface area contributed by atoms with Gasteiger partial charge in [0.05, 0.1) is 16.4 Å². The molecule has 1 atom stereocenters. The minimum absolute atomic E-state index is 0.0638. The third-order valence-electron chi connectivity index (χ3n) is 4.99. The van der Waals surface area contributed by atoms with Gasteiger partial charge in [0.25, 0.3) is 11.8 Å². The van der Waals surface area contributed by atoms with E-state index >= 15 is 0 Å². The largest absolute Gasteiger partial charge is 0.452 e. The smallest absolute Gasteiger partial charge is 0.416 e. The van der Waals surface area contributed by atoms with Crippen LogP contribution >= 0.6 is 11.3 Å². The molecule has 166 valence electrons. The molecule has 2 heterocycles. The van der Waals surface area contributed by atoms with Crippen molar-refractivity contribution in [3.8, 4) is 0 Å². The Morgan fingerprint density at radius 3 is 2.32 bits per heavy atom. The summed E-state index contributed by atoms with van der Waals surface area (Å²) in [6.45, 7) is 2.23. The molecule has 1 unspecified atom stereocenters. The highest BCUT2D eigenvalue weighted by atomic mass is 32.1. The first-order valence-electron chi connectivity index (χ1n) is 9.66. The predicted molar refractivity (Wildman–Crippen MR) is 109 cm³/mol. The first kappa shape index (κ1) is 22.8. The fourth-order valence-corrected chi connectivity index (χ4v) is 3.88. The van der Waals surface area contributed by atoms with Crippen LogP contribution in [0.15, 0.2) is 41.8 Å². The summed E-state index contributed by atoms with van der Waals surface area (Å²) in [5.41, 5.74) is -0.657. The van der Waals surface area contributed by atoms with Crippen molar-refractivity contribution in [1.82, 2.24) is 4.90 Å². The van der Waals surface area contributed by atoms with E-state index in [4.69, 9.17) is 4.74 Å².